The van der Waals surface area contributed by atoms with Crippen molar-refractivity contribution in [1.29, 1.82) is 0 Å². The van der Waals surface area contributed by atoms with E-state index in [1.165, 1.54) is 6.92 Å². The number of carboxylic acids is 2. The van der Waals surface area contributed by atoms with Gasteiger partial charge in [0.25, 0.3) is 11.8 Å². The lowest BCUT2D eigenvalue weighted by Crippen LogP contribution is -2.82. The summed E-state index contributed by atoms with van der Waals surface area (Å²) in [5.41, 5.74) is -3.61. The molecule has 0 unspecified atom stereocenters. The first-order valence-electron chi connectivity index (χ1n) is 8.11. The minimum absolute atomic E-state index is 0.256. The molecule has 2 fully saturated rings. The normalized spacial score (nSPS) is 25.4. The lowest BCUT2D eigenvalue weighted by Gasteiger charge is -2.54. The van der Waals surface area contributed by atoms with E-state index >= 15 is 0 Å². The molecule has 2 amide bonds. The van der Waals surface area contributed by atoms with E-state index in [9.17, 15) is 29.4 Å². The van der Waals surface area contributed by atoms with Crippen molar-refractivity contribution in [2.24, 2.45) is 0 Å². The van der Waals surface area contributed by atoms with Crippen LogP contribution in [0, 0.1) is 0 Å². The zero-order valence-corrected chi connectivity index (χ0v) is 14.5. The van der Waals surface area contributed by atoms with Gasteiger partial charge in [0.2, 0.25) is 5.54 Å². The fourth-order valence-electron chi connectivity index (χ4n) is 3.73. The minimum Gasteiger partial charge on any atom is -0.484 e. The van der Waals surface area contributed by atoms with E-state index in [2.05, 4.69) is 11.9 Å². The number of aliphatic carboxylic acids is 2. The van der Waals surface area contributed by atoms with Gasteiger partial charge >= 0.3 is 11.9 Å². The van der Waals surface area contributed by atoms with Crippen LogP contribution in [0.5, 0.6) is 5.75 Å². The lowest BCUT2D eigenvalue weighted by atomic mass is 9.78. The van der Waals surface area contributed by atoms with Crippen LogP contribution >= 0.6 is 0 Å². The second-order valence-electron chi connectivity index (χ2n) is 6.74. The summed E-state index contributed by atoms with van der Waals surface area (Å²) < 4.78 is 5.33. The van der Waals surface area contributed by atoms with Gasteiger partial charge < -0.3 is 25.2 Å². The number of rotatable bonds is 6. The lowest BCUT2D eigenvalue weighted by molar-refractivity contribution is -0.185. The van der Waals surface area contributed by atoms with Gasteiger partial charge in [-0.1, -0.05) is 24.8 Å². The Morgan fingerprint density at radius 1 is 1.26 bits per heavy atom. The number of fused-ring (bicyclic) bond motifs is 1. The first-order valence-corrected chi connectivity index (χ1v) is 8.11. The molecular formula is C18H18N2O7. The Bertz CT molecular complexity index is 837. The smallest absolute Gasteiger partial charge is 0.341 e. The molecular weight excluding hydrogens is 356 g/mol. The molecule has 142 valence electrons. The molecule has 0 spiro atoms. The summed E-state index contributed by atoms with van der Waals surface area (Å²) in [6.45, 7) is 4.79. The number of carbonyl (C=O) groups excluding carboxylic acids is 2. The van der Waals surface area contributed by atoms with Crippen molar-refractivity contribution >= 4 is 23.8 Å². The van der Waals surface area contributed by atoms with Crippen molar-refractivity contribution in [2.75, 3.05) is 6.61 Å². The number of carboxylic acid groups (broad SMARTS) is 2. The average molecular weight is 374 g/mol. The van der Waals surface area contributed by atoms with Gasteiger partial charge in [0, 0.05) is 6.42 Å². The molecule has 2 heterocycles. The third-order valence-corrected chi connectivity index (χ3v) is 4.97. The van der Waals surface area contributed by atoms with Crippen LogP contribution in [0.1, 0.15) is 13.3 Å². The van der Waals surface area contributed by atoms with E-state index in [4.69, 9.17) is 4.74 Å². The standard InChI is InChI=1S/C18H18N2O7/c1-10-8-18(15(23)24,16(25)26)20-13(10)17(2,14(20)22)19-12(21)9-27-11-6-4-3-5-7-11/h3-7,13H,1,8-9H2,2H3,(H,19,21)(H,23,24)(H,25,26)/t13-,17+/m0/s1. The summed E-state index contributed by atoms with van der Waals surface area (Å²) >= 11 is 0. The number of nitrogens with zero attached hydrogens (tertiary/aromatic N) is 1. The van der Waals surface area contributed by atoms with Crippen molar-refractivity contribution < 1.29 is 34.1 Å². The Morgan fingerprint density at radius 3 is 2.41 bits per heavy atom. The number of nitrogens with one attached hydrogen (secondary N) is 1. The molecule has 0 bridgehead atoms. The van der Waals surface area contributed by atoms with Gasteiger partial charge in [-0.05, 0) is 24.6 Å². The summed E-state index contributed by atoms with van der Waals surface area (Å²) in [7, 11) is 0. The quantitative estimate of drug-likeness (QED) is 0.363. The zero-order chi connectivity index (χ0) is 20.0. The van der Waals surface area contributed by atoms with E-state index in [1.807, 2.05) is 0 Å². The number of hydrogen-bond donors (Lipinski definition) is 3. The maximum Gasteiger partial charge on any atom is 0.341 e. The molecule has 2 aliphatic rings. The molecule has 0 saturated carbocycles. The average Bonchev–Trinajstić information content (AvgIpc) is 2.93. The summed E-state index contributed by atoms with van der Waals surface area (Å²) in [6, 6.07) is 7.68. The van der Waals surface area contributed by atoms with Gasteiger partial charge in [0.15, 0.2) is 6.61 Å². The molecule has 2 saturated heterocycles. The molecule has 27 heavy (non-hydrogen) atoms. The number of amides is 2. The Morgan fingerprint density at radius 2 is 1.85 bits per heavy atom. The van der Waals surface area contributed by atoms with Crippen molar-refractivity contribution in [2.45, 2.75) is 30.5 Å². The minimum atomic E-state index is -2.40. The van der Waals surface area contributed by atoms with E-state index < -0.39 is 47.3 Å². The number of para-hydroxylation sites is 1. The van der Waals surface area contributed by atoms with E-state index in [-0.39, 0.29) is 12.2 Å². The third-order valence-electron chi connectivity index (χ3n) is 4.97. The van der Waals surface area contributed by atoms with Crippen LogP contribution in [-0.4, -0.2) is 62.6 Å². The largest absolute Gasteiger partial charge is 0.484 e. The Kier molecular flexibility index (Phi) is 4.17. The van der Waals surface area contributed by atoms with Gasteiger partial charge in [0.05, 0.1) is 6.04 Å². The van der Waals surface area contributed by atoms with E-state index in [0.29, 0.717) is 5.75 Å². The number of hydrogen-bond acceptors (Lipinski definition) is 5. The predicted molar refractivity (Wildman–Crippen MR) is 90.9 cm³/mol. The Labute approximate surface area is 154 Å². The summed E-state index contributed by atoms with van der Waals surface area (Å²) in [4.78, 5) is 48.9. The summed E-state index contributed by atoms with van der Waals surface area (Å²) in [5.74, 6) is -4.20. The highest BCUT2D eigenvalue weighted by atomic mass is 16.5. The highest BCUT2D eigenvalue weighted by Crippen LogP contribution is 2.50. The van der Waals surface area contributed by atoms with Gasteiger partial charge in [-0.15, -0.1) is 0 Å². The van der Waals surface area contributed by atoms with E-state index in [0.717, 1.165) is 4.90 Å². The van der Waals surface area contributed by atoms with Crippen LogP contribution < -0.4 is 10.1 Å². The molecule has 1 aromatic rings. The molecule has 0 aliphatic carbocycles. The molecule has 0 aromatic heterocycles. The first-order chi connectivity index (χ1) is 12.6. The topological polar surface area (TPSA) is 133 Å². The second kappa shape index (κ2) is 6.11. The second-order valence-corrected chi connectivity index (χ2v) is 6.74. The van der Waals surface area contributed by atoms with Crippen LogP contribution in [0.3, 0.4) is 0 Å². The van der Waals surface area contributed by atoms with Crippen LogP contribution in [0.2, 0.25) is 0 Å². The first kappa shape index (κ1) is 18.4. The van der Waals surface area contributed by atoms with Crippen LogP contribution in [0.15, 0.2) is 42.5 Å². The van der Waals surface area contributed by atoms with Gasteiger partial charge in [-0.2, -0.15) is 0 Å². The molecule has 2 aliphatic heterocycles. The van der Waals surface area contributed by atoms with Crippen molar-refractivity contribution in [3.05, 3.63) is 42.5 Å². The van der Waals surface area contributed by atoms with Gasteiger partial charge in [-0.25, -0.2) is 9.59 Å². The molecule has 3 rings (SSSR count). The predicted octanol–water partition coefficient (Wildman–Crippen LogP) is 0.0190. The SMILES string of the molecule is C=C1CC(C(=O)O)(C(=O)O)N2C(=O)[C@](C)(NC(=O)COc3ccccc3)[C@H]12. The van der Waals surface area contributed by atoms with Crippen LogP contribution in [-0.2, 0) is 19.2 Å². The molecule has 9 heteroatoms. The van der Waals surface area contributed by atoms with Gasteiger partial charge in [0.1, 0.15) is 11.3 Å². The molecule has 9 nitrogen and oxygen atoms in total. The van der Waals surface area contributed by atoms with E-state index in [1.54, 1.807) is 30.3 Å². The Balaban J connectivity index is 1.75. The summed E-state index contributed by atoms with van der Waals surface area (Å²) in [6.07, 6.45) is -0.417. The number of ether oxygens (including phenoxy) is 1. The van der Waals surface area contributed by atoms with Crippen molar-refractivity contribution in [1.82, 2.24) is 10.2 Å². The van der Waals surface area contributed by atoms with Crippen LogP contribution in [0.4, 0.5) is 0 Å². The third kappa shape index (κ3) is 2.54. The number of carbonyl (C=O) groups is 4. The van der Waals surface area contributed by atoms with Crippen molar-refractivity contribution in [3.63, 3.8) is 0 Å². The van der Waals surface area contributed by atoms with Crippen LogP contribution in [0.25, 0.3) is 0 Å². The number of β-lactam (4-membered cyclic amide) rings is 1. The fraction of sp³-hybridized carbons (Fsp3) is 0.333. The van der Waals surface area contributed by atoms with Gasteiger partial charge in [-0.3, -0.25) is 9.59 Å². The maximum absolute atomic E-state index is 12.6. The monoisotopic (exact) mass is 374 g/mol. The number of benzene rings is 1. The summed E-state index contributed by atoms with van der Waals surface area (Å²) in [5, 5.41) is 21.4. The fourth-order valence-corrected chi connectivity index (χ4v) is 3.73. The molecule has 1 aromatic carbocycles. The molecule has 2 atom stereocenters. The Hall–Kier alpha value is -3.36. The van der Waals surface area contributed by atoms with Crippen molar-refractivity contribution in [3.8, 4) is 5.75 Å². The molecule has 3 N–H and O–H groups in total. The molecule has 0 radical (unpaired) electrons. The highest BCUT2D eigenvalue weighted by Gasteiger charge is 2.74. The maximum atomic E-state index is 12.6. The highest BCUT2D eigenvalue weighted by molar-refractivity contribution is 6.13. The zero-order valence-electron chi connectivity index (χ0n) is 14.5.